The number of hydrogen-bond donors (Lipinski definition) is 0. The Morgan fingerprint density at radius 1 is 1.13 bits per heavy atom. The molecule has 0 unspecified atom stereocenters. The summed E-state index contributed by atoms with van der Waals surface area (Å²) in [4.78, 5) is 7.39. The predicted molar refractivity (Wildman–Crippen MR) is 52.4 cm³/mol. The van der Waals surface area contributed by atoms with E-state index in [-0.39, 0.29) is 16.3 Å². The molecule has 0 atom stereocenters. The molecule has 5 heteroatoms. The van der Waals surface area contributed by atoms with Crippen molar-refractivity contribution in [3.63, 3.8) is 0 Å². The number of halogens is 3. The van der Waals surface area contributed by atoms with Crippen molar-refractivity contribution in [2.24, 2.45) is 0 Å². The first-order valence-electron chi connectivity index (χ1n) is 4.10. The van der Waals surface area contributed by atoms with Gasteiger partial charge in [-0.2, -0.15) is 0 Å². The Labute approximate surface area is 89.6 Å². The van der Waals surface area contributed by atoms with Crippen molar-refractivity contribution in [3.05, 3.63) is 47.4 Å². The zero-order valence-electron chi connectivity index (χ0n) is 7.42. The molecular weight excluding hydrogens is 222 g/mol. The van der Waals surface area contributed by atoms with E-state index in [0.29, 0.717) is 0 Å². The Balaban J connectivity index is 2.69. The van der Waals surface area contributed by atoms with Gasteiger partial charge in [-0.15, -0.1) is 0 Å². The molecule has 0 aliphatic carbocycles. The summed E-state index contributed by atoms with van der Waals surface area (Å²) in [5.41, 5.74) is -0.174. The molecular formula is C10H5ClF2N2. The predicted octanol–water partition coefficient (Wildman–Crippen LogP) is 3.08. The van der Waals surface area contributed by atoms with Crippen molar-refractivity contribution in [3.8, 4) is 11.3 Å². The SMILES string of the molecule is Fc1cccc(F)c1-c1ncncc1Cl. The number of benzene rings is 1. The Kier molecular flexibility index (Phi) is 2.60. The van der Waals surface area contributed by atoms with Crippen molar-refractivity contribution in [1.29, 1.82) is 0 Å². The fourth-order valence-electron chi connectivity index (χ4n) is 1.22. The first kappa shape index (κ1) is 9.98. The quantitative estimate of drug-likeness (QED) is 0.747. The molecule has 0 aliphatic heterocycles. The van der Waals surface area contributed by atoms with Crippen LogP contribution in [-0.2, 0) is 0 Å². The summed E-state index contributed by atoms with van der Waals surface area (Å²) in [5, 5.41) is 0.113. The maximum atomic E-state index is 13.4. The first-order chi connectivity index (χ1) is 7.20. The van der Waals surface area contributed by atoms with Crippen LogP contribution >= 0.6 is 11.6 Å². The third kappa shape index (κ3) is 1.80. The van der Waals surface area contributed by atoms with E-state index in [2.05, 4.69) is 9.97 Å². The molecule has 0 saturated carbocycles. The highest BCUT2D eigenvalue weighted by Crippen LogP contribution is 2.28. The van der Waals surface area contributed by atoms with Crippen molar-refractivity contribution < 1.29 is 8.78 Å². The fourth-order valence-corrected chi connectivity index (χ4v) is 1.42. The lowest BCUT2D eigenvalue weighted by Crippen LogP contribution is -1.93. The summed E-state index contributed by atoms with van der Waals surface area (Å²) in [7, 11) is 0. The number of hydrogen-bond acceptors (Lipinski definition) is 2. The van der Waals surface area contributed by atoms with E-state index < -0.39 is 11.6 Å². The van der Waals surface area contributed by atoms with Crippen LogP contribution in [0.15, 0.2) is 30.7 Å². The van der Waals surface area contributed by atoms with Crippen LogP contribution in [0.1, 0.15) is 0 Å². The Bertz CT molecular complexity index is 482. The molecule has 1 heterocycles. The van der Waals surface area contributed by atoms with Crippen LogP contribution in [0.5, 0.6) is 0 Å². The molecule has 0 fully saturated rings. The topological polar surface area (TPSA) is 25.8 Å². The molecule has 15 heavy (non-hydrogen) atoms. The van der Waals surface area contributed by atoms with E-state index in [1.54, 1.807) is 0 Å². The molecule has 0 bridgehead atoms. The van der Waals surface area contributed by atoms with Gasteiger partial charge in [0.2, 0.25) is 0 Å². The first-order valence-corrected chi connectivity index (χ1v) is 4.48. The van der Waals surface area contributed by atoms with Crippen molar-refractivity contribution in [2.75, 3.05) is 0 Å². The zero-order chi connectivity index (χ0) is 10.8. The second-order valence-corrected chi connectivity index (χ2v) is 3.22. The summed E-state index contributed by atoms with van der Waals surface area (Å²) >= 11 is 5.74. The van der Waals surface area contributed by atoms with Crippen LogP contribution < -0.4 is 0 Å². The Hall–Kier alpha value is -1.55. The smallest absolute Gasteiger partial charge is 0.135 e. The van der Waals surface area contributed by atoms with E-state index in [1.165, 1.54) is 18.6 Å². The van der Waals surface area contributed by atoms with Gasteiger partial charge in [0.1, 0.15) is 18.0 Å². The van der Waals surface area contributed by atoms with Gasteiger partial charge in [0.05, 0.1) is 16.3 Å². The van der Waals surface area contributed by atoms with Crippen molar-refractivity contribution >= 4 is 11.6 Å². The van der Waals surface area contributed by atoms with Gasteiger partial charge >= 0.3 is 0 Å². The number of rotatable bonds is 1. The fraction of sp³-hybridized carbons (Fsp3) is 0. The molecule has 0 aliphatic rings. The maximum absolute atomic E-state index is 13.4. The average molecular weight is 227 g/mol. The highest BCUT2D eigenvalue weighted by molar-refractivity contribution is 6.32. The second-order valence-electron chi connectivity index (χ2n) is 2.82. The van der Waals surface area contributed by atoms with Crippen LogP contribution in [0.3, 0.4) is 0 Å². The van der Waals surface area contributed by atoms with Crippen LogP contribution in [0.4, 0.5) is 8.78 Å². The van der Waals surface area contributed by atoms with Crippen molar-refractivity contribution in [1.82, 2.24) is 9.97 Å². The minimum Gasteiger partial charge on any atom is -0.243 e. The van der Waals surface area contributed by atoms with Gasteiger partial charge in [0, 0.05) is 6.20 Å². The summed E-state index contributed by atoms with van der Waals surface area (Å²) in [5.74, 6) is -1.40. The zero-order valence-corrected chi connectivity index (χ0v) is 8.17. The standard InChI is InChI=1S/C10H5ClF2N2/c11-6-4-14-5-15-10(6)9-7(12)2-1-3-8(9)13/h1-5H. The third-order valence-corrected chi connectivity index (χ3v) is 2.14. The second kappa shape index (κ2) is 3.90. The molecule has 2 aromatic rings. The van der Waals surface area contributed by atoms with Gasteiger partial charge < -0.3 is 0 Å². The molecule has 76 valence electrons. The largest absolute Gasteiger partial charge is 0.243 e. The monoisotopic (exact) mass is 226 g/mol. The molecule has 2 nitrogen and oxygen atoms in total. The van der Waals surface area contributed by atoms with Crippen LogP contribution in [0.25, 0.3) is 11.3 Å². The van der Waals surface area contributed by atoms with E-state index >= 15 is 0 Å². The van der Waals surface area contributed by atoms with E-state index in [1.807, 2.05) is 0 Å². The normalized spacial score (nSPS) is 10.3. The molecule has 1 aromatic heterocycles. The van der Waals surface area contributed by atoms with Crippen LogP contribution in [0, 0.1) is 11.6 Å². The van der Waals surface area contributed by atoms with Gasteiger partial charge in [-0.25, -0.2) is 18.7 Å². The molecule has 2 rings (SSSR count). The van der Waals surface area contributed by atoms with Crippen LogP contribution in [-0.4, -0.2) is 9.97 Å². The van der Waals surface area contributed by atoms with Gasteiger partial charge in [-0.05, 0) is 12.1 Å². The average Bonchev–Trinajstić information content (AvgIpc) is 2.20. The minimum atomic E-state index is -0.699. The van der Waals surface area contributed by atoms with E-state index in [4.69, 9.17) is 11.6 Å². The summed E-state index contributed by atoms with van der Waals surface area (Å²) in [6.07, 6.45) is 2.48. The highest BCUT2D eigenvalue weighted by Gasteiger charge is 2.14. The summed E-state index contributed by atoms with van der Waals surface area (Å²) in [6.45, 7) is 0. The highest BCUT2D eigenvalue weighted by atomic mass is 35.5. The number of nitrogens with zero attached hydrogens (tertiary/aromatic N) is 2. The third-order valence-electron chi connectivity index (χ3n) is 1.87. The number of aromatic nitrogens is 2. The molecule has 0 amide bonds. The van der Waals surface area contributed by atoms with E-state index in [9.17, 15) is 8.78 Å². The molecule has 0 radical (unpaired) electrons. The Morgan fingerprint density at radius 2 is 1.80 bits per heavy atom. The van der Waals surface area contributed by atoms with Gasteiger partial charge in [0.15, 0.2) is 0 Å². The lowest BCUT2D eigenvalue weighted by molar-refractivity contribution is 0.588. The van der Waals surface area contributed by atoms with Crippen molar-refractivity contribution in [2.45, 2.75) is 0 Å². The molecule has 0 saturated heterocycles. The van der Waals surface area contributed by atoms with Crippen LogP contribution in [0.2, 0.25) is 5.02 Å². The lowest BCUT2D eigenvalue weighted by Gasteiger charge is -2.04. The summed E-state index contributed by atoms with van der Waals surface area (Å²) in [6, 6.07) is 3.58. The van der Waals surface area contributed by atoms with Gasteiger partial charge in [-0.1, -0.05) is 17.7 Å². The Morgan fingerprint density at radius 3 is 2.40 bits per heavy atom. The van der Waals surface area contributed by atoms with E-state index in [0.717, 1.165) is 12.1 Å². The minimum absolute atomic E-state index is 0.0577. The molecule has 0 N–H and O–H groups in total. The van der Waals surface area contributed by atoms with Gasteiger partial charge in [-0.3, -0.25) is 0 Å². The maximum Gasteiger partial charge on any atom is 0.135 e. The van der Waals surface area contributed by atoms with Gasteiger partial charge in [0.25, 0.3) is 0 Å². The molecule has 0 spiro atoms. The molecule has 1 aromatic carbocycles. The summed E-state index contributed by atoms with van der Waals surface area (Å²) < 4.78 is 26.7. The lowest BCUT2D eigenvalue weighted by atomic mass is 10.1.